The summed E-state index contributed by atoms with van der Waals surface area (Å²) < 4.78 is 1.09. The molecule has 0 aliphatic heterocycles. The van der Waals surface area contributed by atoms with Gasteiger partial charge >= 0.3 is 0 Å². The maximum atomic E-state index is 6.36. The zero-order valence-electron chi connectivity index (χ0n) is 12.3. The Balaban J connectivity index is 2.26. The maximum Gasteiger partial charge on any atom is 0.0459 e. The minimum Gasteiger partial charge on any atom is -0.370 e. The molecule has 2 rings (SSSR count). The highest BCUT2D eigenvalue weighted by Crippen LogP contribution is 2.29. The molecular formula is C17H20BrClN2. The summed E-state index contributed by atoms with van der Waals surface area (Å²) in [5.74, 6) is 0. The van der Waals surface area contributed by atoms with E-state index < -0.39 is 0 Å². The second-order valence-electron chi connectivity index (χ2n) is 5.40. The summed E-state index contributed by atoms with van der Waals surface area (Å²) in [6.45, 7) is 2.83. The molecule has 0 saturated carbocycles. The molecule has 0 saturated heterocycles. The standard InChI is InChI=1S/C17H20BrClN2/c1-12(20)9-15-16(19)7-4-8-17(15)21(2)11-13-5-3-6-14(18)10-13/h3-8,10,12H,9,11,20H2,1-2H3. The molecule has 2 N–H and O–H groups in total. The Morgan fingerprint density at radius 1 is 1.24 bits per heavy atom. The molecule has 4 heteroatoms. The van der Waals surface area contributed by atoms with E-state index in [4.69, 9.17) is 17.3 Å². The van der Waals surface area contributed by atoms with Gasteiger partial charge in [-0.3, -0.25) is 0 Å². The number of benzene rings is 2. The SMILES string of the molecule is CC(N)Cc1c(Cl)cccc1N(C)Cc1cccc(Br)c1. The quantitative estimate of drug-likeness (QED) is 0.835. The Morgan fingerprint density at radius 3 is 2.62 bits per heavy atom. The lowest BCUT2D eigenvalue weighted by Crippen LogP contribution is -2.22. The van der Waals surface area contributed by atoms with Crippen LogP contribution in [0.2, 0.25) is 5.02 Å². The third kappa shape index (κ3) is 4.47. The van der Waals surface area contributed by atoms with Crippen molar-refractivity contribution in [3.63, 3.8) is 0 Å². The maximum absolute atomic E-state index is 6.36. The third-order valence-electron chi connectivity index (χ3n) is 3.34. The van der Waals surface area contributed by atoms with Crippen LogP contribution in [-0.2, 0) is 13.0 Å². The largest absolute Gasteiger partial charge is 0.370 e. The fraction of sp³-hybridized carbons (Fsp3) is 0.294. The van der Waals surface area contributed by atoms with Gasteiger partial charge in [-0.1, -0.05) is 45.7 Å². The molecule has 0 fully saturated rings. The number of hydrogen-bond acceptors (Lipinski definition) is 2. The topological polar surface area (TPSA) is 29.3 Å². The molecule has 0 bridgehead atoms. The predicted octanol–water partition coefficient (Wildman–Crippen LogP) is 4.63. The van der Waals surface area contributed by atoms with Gasteiger partial charge in [-0.15, -0.1) is 0 Å². The predicted molar refractivity (Wildman–Crippen MR) is 95.1 cm³/mol. The van der Waals surface area contributed by atoms with Crippen LogP contribution in [0.5, 0.6) is 0 Å². The van der Waals surface area contributed by atoms with Gasteiger partial charge in [0.25, 0.3) is 0 Å². The van der Waals surface area contributed by atoms with Gasteiger partial charge in [-0.05, 0) is 48.7 Å². The summed E-state index contributed by atoms with van der Waals surface area (Å²) in [4.78, 5) is 2.21. The molecule has 0 aromatic heterocycles. The zero-order chi connectivity index (χ0) is 15.4. The van der Waals surface area contributed by atoms with Crippen molar-refractivity contribution in [3.05, 3.63) is 63.1 Å². The van der Waals surface area contributed by atoms with E-state index >= 15 is 0 Å². The Morgan fingerprint density at radius 2 is 1.95 bits per heavy atom. The smallest absolute Gasteiger partial charge is 0.0459 e. The molecule has 1 atom stereocenters. The molecule has 0 aliphatic rings. The first-order chi connectivity index (χ1) is 9.97. The number of halogens is 2. The van der Waals surface area contributed by atoms with Gasteiger partial charge in [-0.25, -0.2) is 0 Å². The van der Waals surface area contributed by atoms with Crippen LogP contribution in [0.1, 0.15) is 18.1 Å². The molecule has 0 radical (unpaired) electrons. The summed E-state index contributed by atoms with van der Waals surface area (Å²) in [5, 5.41) is 0.783. The van der Waals surface area contributed by atoms with Crippen molar-refractivity contribution in [3.8, 4) is 0 Å². The lowest BCUT2D eigenvalue weighted by atomic mass is 10.0. The van der Waals surface area contributed by atoms with Crippen molar-refractivity contribution in [2.45, 2.75) is 25.9 Å². The van der Waals surface area contributed by atoms with E-state index in [0.717, 1.165) is 33.7 Å². The summed E-state index contributed by atoms with van der Waals surface area (Å²) >= 11 is 9.87. The van der Waals surface area contributed by atoms with E-state index in [1.54, 1.807) is 0 Å². The van der Waals surface area contributed by atoms with Crippen LogP contribution in [0.25, 0.3) is 0 Å². The van der Waals surface area contributed by atoms with Crippen molar-refractivity contribution in [2.24, 2.45) is 5.73 Å². The lowest BCUT2D eigenvalue weighted by Gasteiger charge is -2.24. The van der Waals surface area contributed by atoms with Crippen molar-refractivity contribution in [2.75, 3.05) is 11.9 Å². The van der Waals surface area contributed by atoms with E-state index in [2.05, 4.69) is 46.1 Å². The molecule has 2 nitrogen and oxygen atoms in total. The van der Waals surface area contributed by atoms with Gasteiger partial charge in [0.2, 0.25) is 0 Å². The Labute approximate surface area is 140 Å². The summed E-state index contributed by atoms with van der Waals surface area (Å²) in [6.07, 6.45) is 0.776. The molecule has 112 valence electrons. The first-order valence-corrected chi connectivity index (χ1v) is 8.13. The third-order valence-corrected chi connectivity index (χ3v) is 4.19. The van der Waals surface area contributed by atoms with Gasteiger partial charge in [-0.2, -0.15) is 0 Å². The summed E-state index contributed by atoms with van der Waals surface area (Å²) in [5.41, 5.74) is 9.46. The first kappa shape index (κ1) is 16.3. The Hall–Kier alpha value is -1.03. The van der Waals surface area contributed by atoms with E-state index in [-0.39, 0.29) is 6.04 Å². The molecular weight excluding hydrogens is 348 g/mol. The van der Waals surface area contributed by atoms with Gasteiger partial charge in [0, 0.05) is 34.8 Å². The van der Waals surface area contributed by atoms with Crippen LogP contribution in [-0.4, -0.2) is 13.1 Å². The number of anilines is 1. The van der Waals surface area contributed by atoms with E-state index in [1.165, 1.54) is 5.56 Å². The molecule has 0 heterocycles. The number of nitrogens with zero attached hydrogens (tertiary/aromatic N) is 1. The second-order valence-corrected chi connectivity index (χ2v) is 6.73. The van der Waals surface area contributed by atoms with E-state index in [9.17, 15) is 0 Å². The normalized spacial score (nSPS) is 12.2. The molecule has 1 unspecified atom stereocenters. The Kier molecular flexibility index (Phi) is 5.68. The van der Waals surface area contributed by atoms with Crippen LogP contribution in [0.15, 0.2) is 46.9 Å². The Bertz CT molecular complexity index is 613. The zero-order valence-corrected chi connectivity index (χ0v) is 14.7. The number of nitrogens with two attached hydrogens (primary N) is 1. The monoisotopic (exact) mass is 366 g/mol. The fourth-order valence-corrected chi connectivity index (χ4v) is 3.12. The first-order valence-electron chi connectivity index (χ1n) is 6.96. The molecule has 2 aromatic rings. The van der Waals surface area contributed by atoms with Crippen LogP contribution < -0.4 is 10.6 Å². The van der Waals surface area contributed by atoms with Gasteiger partial charge in [0.1, 0.15) is 0 Å². The molecule has 0 spiro atoms. The minimum atomic E-state index is 0.0860. The van der Waals surface area contributed by atoms with Crippen molar-refractivity contribution >= 4 is 33.2 Å². The van der Waals surface area contributed by atoms with Crippen LogP contribution in [0, 0.1) is 0 Å². The van der Waals surface area contributed by atoms with Gasteiger partial charge < -0.3 is 10.6 Å². The number of hydrogen-bond donors (Lipinski definition) is 1. The second kappa shape index (κ2) is 7.30. The van der Waals surface area contributed by atoms with E-state index in [0.29, 0.717) is 0 Å². The van der Waals surface area contributed by atoms with Crippen molar-refractivity contribution in [1.82, 2.24) is 0 Å². The van der Waals surface area contributed by atoms with E-state index in [1.807, 2.05) is 31.2 Å². The van der Waals surface area contributed by atoms with Crippen LogP contribution in [0.3, 0.4) is 0 Å². The van der Waals surface area contributed by atoms with Crippen molar-refractivity contribution < 1.29 is 0 Å². The number of rotatable bonds is 5. The molecule has 0 aliphatic carbocycles. The highest BCUT2D eigenvalue weighted by Gasteiger charge is 2.13. The molecule has 21 heavy (non-hydrogen) atoms. The summed E-state index contributed by atoms with van der Waals surface area (Å²) in [6, 6.07) is 14.4. The van der Waals surface area contributed by atoms with Gasteiger partial charge in [0.15, 0.2) is 0 Å². The summed E-state index contributed by atoms with van der Waals surface area (Å²) in [7, 11) is 2.08. The highest BCUT2D eigenvalue weighted by atomic mass is 79.9. The van der Waals surface area contributed by atoms with Crippen molar-refractivity contribution in [1.29, 1.82) is 0 Å². The lowest BCUT2D eigenvalue weighted by molar-refractivity contribution is 0.734. The van der Waals surface area contributed by atoms with Gasteiger partial charge in [0.05, 0.1) is 0 Å². The molecule has 2 aromatic carbocycles. The van der Waals surface area contributed by atoms with Crippen LogP contribution >= 0.6 is 27.5 Å². The van der Waals surface area contributed by atoms with Crippen LogP contribution in [0.4, 0.5) is 5.69 Å². The average molecular weight is 368 g/mol. The molecule has 0 amide bonds. The average Bonchev–Trinajstić information content (AvgIpc) is 2.40. The highest BCUT2D eigenvalue weighted by molar-refractivity contribution is 9.10. The fourth-order valence-electron chi connectivity index (χ4n) is 2.42. The minimum absolute atomic E-state index is 0.0860.